The molecule has 0 rings (SSSR count). The number of hydrogen-bond donors (Lipinski definition) is 3. The maximum Gasteiger partial charge on any atom is 0.306 e. The van der Waals surface area contributed by atoms with Crippen LogP contribution in [0.1, 0.15) is 97.8 Å². The number of esters is 1. The summed E-state index contributed by atoms with van der Waals surface area (Å²) in [6.45, 7) is 6.09. The van der Waals surface area contributed by atoms with E-state index in [1.54, 1.807) is 0 Å². The Morgan fingerprint density at radius 2 is 1.47 bits per heavy atom. The summed E-state index contributed by atoms with van der Waals surface area (Å²) in [6.07, 6.45) is 5.49. The molecule has 0 aromatic heterocycles. The van der Waals surface area contributed by atoms with Gasteiger partial charge in [0.2, 0.25) is 0 Å². The van der Waals surface area contributed by atoms with E-state index in [1.807, 2.05) is 20.8 Å². The number of ether oxygens (including phenoxy) is 1. The predicted molar refractivity (Wildman–Crippen MR) is 124 cm³/mol. The average molecular weight is 488 g/mol. The summed E-state index contributed by atoms with van der Waals surface area (Å²) >= 11 is 0. The highest BCUT2D eigenvalue weighted by atomic mass is 16.6. The van der Waals surface area contributed by atoms with Crippen molar-refractivity contribution in [2.75, 3.05) is 6.54 Å². The molecule has 0 spiro atoms. The first-order chi connectivity index (χ1) is 16.0. The van der Waals surface area contributed by atoms with Crippen LogP contribution in [-0.4, -0.2) is 53.0 Å². The zero-order chi connectivity index (χ0) is 26.1. The first kappa shape index (κ1) is 32.3. The minimum absolute atomic E-state index is 0.122. The van der Waals surface area contributed by atoms with Gasteiger partial charge in [-0.15, -0.1) is 0 Å². The van der Waals surface area contributed by atoms with Gasteiger partial charge in [0.05, 0.1) is 18.6 Å². The van der Waals surface area contributed by atoms with Crippen molar-refractivity contribution in [3.8, 4) is 0 Å². The molecule has 0 aliphatic carbocycles. The standard InChI is InChI=1S/C25H47NO8/c1-4-18(3)24(31)21(34-23(30)15-19(25(32)33)14-22(28)29)13-17(2)11-9-7-5-6-8-10-12-20(27)16-26/h17-21,24,27,31H,4-16,26H2,1-3H3,(H,28,29)(H,32,33)/p-2/t17-,18+,19+,20-,21-,24+/m0/s1. The fourth-order valence-corrected chi connectivity index (χ4v) is 3.94. The van der Waals surface area contributed by atoms with E-state index in [2.05, 4.69) is 0 Å². The number of carbonyl (C=O) groups is 3. The van der Waals surface area contributed by atoms with E-state index in [9.17, 15) is 34.8 Å². The zero-order valence-electron chi connectivity index (χ0n) is 21.1. The predicted octanol–water partition coefficient (Wildman–Crippen LogP) is 0.668. The van der Waals surface area contributed by atoms with Gasteiger partial charge in [-0.2, -0.15) is 0 Å². The lowest BCUT2D eigenvalue weighted by molar-refractivity contribution is -0.320. The van der Waals surface area contributed by atoms with Crippen molar-refractivity contribution in [1.82, 2.24) is 0 Å². The maximum atomic E-state index is 12.3. The second-order valence-corrected chi connectivity index (χ2v) is 9.63. The molecule has 9 nitrogen and oxygen atoms in total. The molecule has 0 aromatic rings. The van der Waals surface area contributed by atoms with Crippen molar-refractivity contribution in [2.24, 2.45) is 23.5 Å². The Kier molecular flexibility index (Phi) is 17.7. The Balaban J connectivity index is 4.60. The highest BCUT2D eigenvalue weighted by Crippen LogP contribution is 2.24. The number of rotatable bonds is 21. The third-order valence-electron chi connectivity index (χ3n) is 6.44. The fourth-order valence-electron chi connectivity index (χ4n) is 3.94. The van der Waals surface area contributed by atoms with E-state index >= 15 is 0 Å². The smallest absolute Gasteiger partial charge is 0.306 e. The van der Waals surface area contributed by atoms with E-state index in [0.717, 1.165) is 51.4 Å². The van der Waals surface area contributed by atoms with Gasteiger partial charge < -0.3 is 40.5 Å². The molecule has 200 valence electrons. The number of aliphatic hydroxyl groups excluding tert-OH is 2. The van der Waals surface area contributed by atoms with Crippen LogP contribution in [0, 0.1) is 17.8 Å². The molecule has 0 aliphatic heterocycles. The van der Waals surface area contributed by atoms with Crippen LogP contribution >= 0.6 is 0 Å². The molecular formula is C25H45NO8-2. The van der Waals surface area contributed by atoms with Crippen LogP contribution in [0.2, 0.25) is 0 Å². The van der Waals surface area contributed by atoms with E-state index in [4.69, 9.17) is 10.5 Å². The van der Waals surface area contributed by atoms with Crippen LogP contribution in [0.3, 0.4) is 0 Å². The lowest BCUT2D eigenvalue weighted by Crippen LogP contribution is -2.40. The second kappa shape index (κ2) is 18.6. The molecule has 0 amide bonds. The van der Waals surface area contributed by atoms with Gasteiger partial charge in [-0.05, 0) is 31.1 Å². The Morgan fingerprint density at radius 3 is 1.97 bits per heavy atom. The summed E-state index contributed by atoms with van der Waals surface area (Å²) in [5, 5.41) is 42.0. The van der Waals surface area contributed by atoms with Gasteiger partial charge in [0, 0.05) is 24.4 Å². The third kappa shape index (κ3) is 15.2. The van der Waals surface area contributed by atoms with Crippen molar-refractivity contribution in [2.45, 2.75) is 116 Å². The molecule has 34 heavy (non-hydrogen) atoms. The molecule has 0 aliphatic rings. The molecule has 0 bridgehead atoms. The number of unbranched alkanes of at least 4 members (excludes halogenated alkanes) is 5. The van der Waals surface area contributed by atoms with Gasteiger partial charge in [0.25, 0.3) is 0 Å². The number of aliphatic carboxylic acids is 2. The average Bonchev–Trinajstić information content (AvgIpc) is 2.78. The van der Waals surface area contributed by atoms with E-state index in [-0.39, 0.29) is 11.8 Å². The van der Waals surface area contributed by atoms with Crippen LogP contribution in [-0.2, 0) is 19.1 Å². The van der Waals surface area contributed by atoms with E-state index in [0.29, 0.717) is 19.4 Å². The van der Waals surface area contributed by atoms with Crippen molar-refractivity contribution in [3.63, 3.8) is 0 Å². The molecule has 0 heterocycles. The number of carbonyl (C=O) groups excluding carboxylic acids is 3. The molecule has 4 N–H and O–H groups in total. The monoisotopic (exact) mass is 487 g/mol. The summed E-state index contributed by atoms with van der Waals surface area (Å²) in [6, 6.07) is 0. The molecule has 0 saturated carbocycles. The van der Waals surface area contributed by atoms with Crippen molar-refractivity contribution in [1.29, 1.82) is 0 Å². The lowest BCUT2D eigenvalue weighted by Gasteiger charge is -2.30. The Labute approximate surface area is 204 Å². The Hall–Kier alpha value is -1.71. The topological polar surface area (TPSA) is 173 Å². The lowest BCUT2D eigenvalue weighted by atomic mass is 9.89. The number of carboxylic acid groups (broad SMARTS) is 2. The first-order valence-corrected chi connectivity index (χ1v) is 12.7. The van der Waals surface area contributed by atoms with Crippen molar-refractivity contribution >= 4 is 17.9 Å². The SMILES string of the molecule is CC[C@@H](C)[C@@H](O)[C@H](C[C@@H](C)CCCCCCCC[C@H](O)CN)OC(=O)C[C@@H](CC(=O)[O-])C(=O)[O-]. The van der Waals surface area contributed by atoms with E-state index in [1.165, 1.54) is 0 Å². The van der Waals surface area contributed by atoms with Gasteiger partial charge in [-0.25, -0.2) is 0 Å². The number of carboxylic acids is 2. The van der Waals surface area contributed by atoms with Gasteiger partial charge in [-0.1, -0.05) is 72.1 Å². The molecule has 0 aromatic carbocycles. The second-order valence-electron chi connectivity index (χ2n) is 9.63. The third-order valence-corrected chi connectivity index (χ3v) is 6.44. The molecule has 0 radical (unpaired) electrons. The molecular weight excluding hydrogens is 442 g/mol. The first-order valence-electron chi connectivity index (χ1n) is 12.7. The summed E-state index contributed by atoms with van der Waals surface area (Å²) in [4.78, 5) is 34.2. The van der Waals surface area contributed by atoms with E-state index < -0.39 is 55.0 Å². The molecule has 6 atom stereocenters. The highest BCUT2D eigenvalue weighted by molar-refractivity contribution is 5.81. The highest BCUT2D eigenvalue weighted by Gasteiger charge is 2.30. The largest absolute Gasteiger partial charge is 0.550 e. The maximum absolute atomic E-state index is 12.3. The van der Waals surface area contributed by atoms with Crippen LogP contribution in [0.15, 0.2) is 0 Å². The quantitative estimate of drug-likeness (QED) is 0.155. The summed E-state index contributed by atoms with van der Waals surface area (Å²) in [5.41, 5.74) is 5.39. The van der Waals surface area contributed by atoms with Crippen LogP contribution in [0.25, 0.3) is 0 Å². The van der Waals surface area contributed by atoms with Crippen LogP contribution in [0.4, 0.5) is 0 Å². The molecule has 0 unspecified atom stereocenters. The molecule has 9 heteroatoms. The fraction of sp³-hybridized carbons (Fsp3) is 0.880. The van der Waals surface area contributed by atoms with Crippen LogP contribution in [0.5, 0.6) is 0 Å². The summed E-state index contributed by atoms with van der Waals surface area (Å²) in [7, 11) is 0. The summed E-state index contributed by atoms with van der Waals surface area (Å²) < 4.78 is 5.45. The van der Waals surface area contributed by atoms with Crippen molar-refractivity contribution < 1.29 is 39.5 Å². The normalized spacial score (nSPS) is 16.8. The minimum atomic E-state index is -1.65. The number of nitrogens with two attached hydrogens (primary N) is 1. The van der Waals surface area contributed by atoms with Gasteiger partial charge in [-0.3, -0.25) is 4.79 Å². The zero-order valence-corrected chi connectivity index (χ0v) is 21.1. The van der Waals surface area contributed by atoms with Gasteiger partial charge >= 0.3 is 5.97 Å². The minimum Gasteiger partial charge on any atom is -0.550 e. The summed E-state index contributed by atoms with van der Waals surface area (Å²) in [5.74, 6) is -5.58. The number of hydrogen-bond acceptors (Lipinski definition) is 9. The van der Waals surface area contributed by atoms with Gasteiger partial charge in [0.15, 0.2) is 0 Å². The number of aliphatic hydroxyl groups is 2. The molecule has 0 saturated heterocycles. The Bertz CT molecular complexity index is 585. The van der Waals surface area contributed by atoms with Gasteiger partial charge in [0.1, 0.15) is 6.10 Å². The van der Waals surface area contributed by atoms with Crippen molar-refractivity contribution in [3.05, 3.63) is 0 Å². The Morgan fingerprint density at radius 1 is 0.912 bits per heavy atom. The van der Waals surface area contributed by atoms with Crippen LogP contribution < -0.4 is 15.9 Å². The molecule has 0 fully saturated rings.